The van der Waals surface area contributed by atoms with Gasteiger partial charge in [0, 0.05) is 20.0 Å². The third-order valence-corrected chi connectivity index (χ3v) is 1.31. The molecular formula is C5H10LiNO. The zero-order valence-corrected chi connectivity index (χ0v) is 4.48. The second kappa shape index (κ2) is 3.16. The summed E-state index contributed by atoms with van der Waals surface area (Å²) in [6.45, 7) is 0.957. The van der Waals surface area contributed by atoms with Crippen molar-refractivity contribution in [2.45, 2.75) is 12.8 Å². The van der Waals surface area contributed by atoms with Gasteiger partial charge in [0.1, 0.15) is 0 Å². The number of carbonyl (C=O) groups excluding carboxylic acids is 1. The van der Waals surface area contributed by atoms with Crippen LogP contribution in [0.15, 0.2) is 0 Å². The van der Waals surface area contributed by atoms with E-state index in [1.807, 2.05) is 7.05 Å². The van der Waals surface area contributed by atoms with Gasteiger partial charge in [-0.1, -0.05) is 0 Å². The maximum absolute atomic E-state index is 10.5. The van der Waals surface area contributed by atoms with E-state index in [-0.39, 0.29) is 18.9 Å². The molecule has 42 valence electrons. The Morgan fingerprint density at radius 1 is 1.62 bits per heavy atom. The van der Waals surface area contributed by atoms with Crippen molar-refractivity contribution in [1.82, 2.24) is 4.90 Å². The number of hydrogen-bond acceptors (Lipinski definition) is 1. The van der Waals surface area contributed by atoms with Gasteiger partial charge in [-0.05, 0) is 6.42 Å². The van der Waals surface area contributed by atoms with E-state index in [9.17, 15) is 4.79 Å². The van der Waals surface area contributed by atoms with Gasteiger partial charge >= 0.3 is 18.9 Å². The Morgan fingerprint density at radius 2 is 2.25 bits per heavy atom. The van der Waals surface area contributed by atoms with Gasteiger partial charge in [0.2, 0.25) is 5.91 Å². The van der Waals surface area contributed by atoms with Crippen molar-refractivity contribution >= 4 is 24.8 Å². The van der Waals surface area contributed by atoms with Crippen LogP contribution >= 0.6 is 0 Å². The molecule has 8 heavy (non-hydrogen) atoms. The fourth-order valence-corrected chi connectivity index (χ4v) is 0.783. The molecule has 1 heterocycles. The Kier molecular flexibility index (Phi) is 3.19. The first-order valence-electron chi connectivity index (χ1n) is 2.54. The van der Waals surface area contributed by atoms with Crippen LogP contribution in [-0.2, 0) is 4.79 Å². The number of hydrogen-bond donors (Lipinski definition) is 0. The number of nitrogens with zero attached hydrogens (tertiary/aromatic N) is 1. The molecule has 0 saturated carbocycles. The van der Waals surface area contributed by atoms with Crippen LogP contribution in [0.5, 0.6) is 0 Å². The van der Waals surface area contributed by atoms with Crippen molar-refractivity contribution in [2.24, 2.45) is 0 Å². The second-order valence-electron chi connectivity index (χ2n) is 1.92. The molecule has 3 heteroatoms. The molecule has 1 aliphatic heterocycles. The first kappa shape index (κ1) is 8.07. The van der Waals surface area contributed by atoms with E-state index in [2.05, 4.69) is 0 Å². The quantitative estimate of drug-likeness (QED) is 0.385. The van der Waals surface area contributed by atoms with Gasteiger partial charge in [0.05, 0.1) is 0 Å². The normalized spacial score (nSPS) is 18.6. The third-order valence-electron chi connectivity index (χ3n) is 1.31. The Hall–Kier alpha value is 0.0674. The monoisotopic (exact) mass is 107 g/mol. The first-order chi connectivity index (χ1) is 3.30. The van der Waals surface area contributed by atoms with Gasteiger partial charge in [-0.25, -0.2) is 0 Å². The minimum absolute atomic E-state index is 0. The Bertz CT molecular complexity index is 94.4. The summed E-state index contributed by atoms with van der Waals surface area (Å²) >= 11 is 0. The van der Waals surface area contributed by atoms with E-state index < -0.39 is 0 Å². The van der Waals surface area contributed by atoms with E-state index in [1.165, 1.54) is 0 Å². The van der Waals surface area contributed by atoms with Crippen molar-refractivity contribution < 1.29 is 4.79 Å². The van der Waals surface area contributed by atoms with Crippen molar-refractivity contribution in [3.8, 4) is 0 Å². The molecule has 0 radical (unpaired) electrons. The predicted molar refractivity (Wildman–Crippen MR) is 34.0 cm³/mol. The summed E-state index contributed by atoms with van der Waals surface area (Å²) in [5.41, 5.74) is 0. The third kappa shape index (κ3) is 1.54. The summed E-state index contributed by atoms with van der Waals surface area (Å²) in [4.78, 5) is 12.3. The molecule has 0 N–H and O–H groups in total. The average molecular weight is 107 g/mol. The molecule has 2 nitrogen and oxygen atoms in total. The summed E-state index contributed by atoms with van der Waals surface area (Å²) in [6.07, 6.45) is 1.81. The molecule has 1 rings (SSSR count). The molecule has 0 aromatic carbocycles. The van der Waals surface area contributed by atoms with Crippen molar-refractivity contribution in [3.05, 3.63) is 0 Å². The van der Waals surface area contributed by atoms with Crippen LogP contribution in [0.2, 0.25) is 0 Å². The Labute approximate surface area is 61.4 Å². The first-order valence-corrected chi connectivity index (χ1v) is 2.54. The zero-order valence-electron chi connectivity index (χ0n) is 4.48. The average Bonchev–Trinajstić information content (AvgIpc) is 1.91. The zero-order chi connectivity index (χ0) is 5.28. The number of likely N-dealkylation sites (tertiary alicyclic amines) is 1. The molecule has 0 spiro atoms. The molecule has 1 amide bonds. The molecule has 0 atom stereocenters. The number of rotatable bonds is 0. The van der Waals surface area contributed by atoms with Crippen molar-refractivity contribution in [1.29, 1.82) is 0 Å². The molecule has 0 bridgehead atoms. The number of carbonyl (C=O) groups is 1. The topological polar surface area (TPSA) is 20.3 Å². The van der Waals surface area contributed by atoms with E-state index in [4.69, 9.17) is 0 Å². The molecule has 1 fully saturated rings. The molecule has 0 aromatic rings. The summed E-state index contributed by atoms with van der Waals surface area (Å²) < 4.78 is 0. The van der Waals surface area contributed by atoms with Crippen LogP contribution in [0.1, 0.15) is 12.8 Å². The van der Waals surface area contributed by atoms with Crippen LogP contribution in [0.3, 0.4) is 0 Å². The van der Waals surface area contributed by atoms with E-state index in [1.54, 1.807) is 4.90 Å². The molecule has 0 aliphatic carbocycles. The predicted octanol–water partition coefficient (Wildman–Crippen LogP) is -0.410. The fourth-order valence-electron chi connectivity index (χ4n) is 0.783. The maximum atomic E-state index is 10.5. The van der Waals surface area contributed by atoms with Crippen LogP contribution in [0.25, 0.3) is 0 Å². The van der Waals surface area contributed by atoms with Crippen LogP contribution in [-0.4, -0.2) is 43.3 Å². The standard InChI is InChI=1S/C5H9NO.Li.H/c1-6-4-2-3-5(6)7;;/h2-4H2,1H3;;. The van der Waals surface area contributed by atoms with Crippen molar-refractivity contribution in [2.75, 3.05) is 13.6 Å². The van der Waals surface area contributed by atoms with E-state index >= 15 is 0 Å². The minimum atomic E-state index is 0. The Morgan fingerprint density at radius 3 is 2.38 bits per heavy atom. The summed E-state index contributed by atoms with van der Waals surface area (Å²) in [6, 6.07) is 0. The SMILES string of the molecule is CN1CCCC1=O.[LiH]. The van der Waals surface area contributed by atoms with Gasteiger partial charge in [-0.15, -0.1) is 0 Å². The molecule has 0 aromatic heterocycles. The van der Waals surface area contributed by atoms with E-state index in [0.29, 0.717) is 5.91 Å². The molecule has 0 unspecified atom stereocenters. The molecule has 1 saturated heterocycles. The van der Waals surface area contributed by atoms with Gasteiger partial charge in [0.15, 0.2) is 0 Å². The molecule has 1 aliphatic rings. The number of amides is 1. The van der Waals surface area contributed by atoms with Gasteiger partial charge in [0.25, 0.3) is 0 Å². The van der Waals surface area contributed by atoms with Crippen molar-refractivity contribution in [3.63, 3.8) is 0 Å². The van der Waals surface area contributed by atoms with Crippen LogP contribution < -0.4 is 0 Å². The van der Waals surface area contributed by atoms with Crippen LogP contribution in [0.4, 0.5) is 0 Å². The van der Waals surface area contributed by atoms with Gasteiger partial charge in [-0.3, -0.25) is 4.79 Å². The summed E-state index contributed by atoms with van der Waals surface area (Å²) in [5.74, 6) is 0.292. The van der Waals surface area contributed by atoms with Gasteiger partial charge in [-0.2, -0.15) is 0 Å². The molecular weight excluding hydrogens is 97.0 g/mol. The second-order valence-corrected chi connectivity index (χ2v) is 1.92. The summed E-state index contributed by atoms with van der Waals surface area (Å²) in [5, 5.41) is 0. The van der Waals surface area contributed by atoms with Gasteiger partial charge < -0.3 is 4.90 Å². The Balaban J connectivity index is 0.000000490. The van der Waals surface area contributed by atoms with Crippen LogP contribution in [0, 0.1) is 0 Å². The summed E-state index contributed by atoms with van der Waals surface area (Å²) in [7, 11) is 1.84. The van der Waals surface area contributed by atoms with E-state index in [0.717, 1.165) is 19.4 Å². The fraction of sp³-hybridized carbons (Fsp3) is 0.800.